The fourth-order valence-electron chi connectivity index (χ4n) is 3.91. The standard InChI is InChI=1S/C29H32N6O5S2/c1-5-40-24-13-11-22(12-14-24)31-27(36)19-41-29-33-32-26(35(29)23-8-6-7-20(2)17-23)18-30-28(37)21-9-15-25(16-10-21)42(38,39)34(3)4/h6-17H,5,18-19H2,1-4H3,(H,30,37)(H,31,36). The van der Waals surface area contributed by atoms with Crippen LogP contribution in [0.25, 0.3) is 5.69 Å². The molecule has 0 radical (unpaired) electrons. The zero-order valence-corrected chi connectivity index (χ0v) is 25.3. The molecule has 0 atom stereocenters. The van der Waals surface area contributed by atoms with Gasteiger partial charge in [-0.15, -0.1) is 10.2 Å². The second kappa shape index (κ2) is 13.6. The number of carbonyl (C=O) groups is 2. The lowest BCUT2D eigenvalue weighted by Gasteiger charge is -2.13. The van der Waals surface area contributed by atoms with Crippen molar-refractivity contribution in [1.82, 2.24) is 24.4 Å². The van der Waals surface area contributed by atoms with Gasteiger partial charge in [0, 0.05) is 31.0 Å². The quantitative estimate of drug-likeness (QED) is 0.231. The van der Waals surface area contributed by atoms with Crippen LogP contribution in [0.4, 0.5) is 5.69 Å². The molecule has 0 aliphatic carbocycles. The monoisotopic (exact) mass is 608 g/mol. The van der Waals surface area contributed by atoms with E-state index in [2.05, 4.69) is 20.8 Å². The van der Waals surface area contributed by atoms with Crippen molar-refractivity contribution in [3.05, 3.63) is 89.7 Å². The van der Waals surface area contributed by atoms with E-state index in [1.54, 1.807) is 28.8 Å². The third kappa shape index (κ3) is 7.55. The Bertz CT molecular complexity index is 1650. The topological polar surface area (TPSA) is 136 Å². The first kappa shape index (κ1) is 30.8. The highest BCUT2D eigenvalue weighted by Gasteiger charge is 2.19. The van der Waals surface area contributed by atoms with Gasteiger partial charge in [-0.3, -0.25) is 14.2 Å². The van der Waals surface area contributed by atoms with Crippen molar-refractivity contribution in [3.8, 4) is 11.4 Å². The number of benzene rings is 3. The van der Waals surface area contributed by atoms with Gasteiger partial charge in [0.1, 0.15) is 5.75 Å². The molecular formula is C29H32N6O5S2. The minimum atomic E-state index is -3.60. The molecule has 220 valence electrons. The first-order chi connectivity index (χ1) is 20.1. The number of carbonyl (C=O) groups excluding carboxylic acids is 2. The third-order valence-electron chi connectivity index (χ3n) is 6.04. The van der Waals surface area contributed by atoms with Crippen molar-refractivity contribution >= 4 is 39.3 Å². The number of aromatic nitrogens is 3. The number of hydrogen-bond acceptors (Lipinski definition) is 8. The summed E-state index contributed by atoms with van der Waals surface area (Å²) in [5.74, 6) is 0.676. The number of nitrogens with zero attached hydrogens (tertiary/aromatic N) is 4. The number of thioether (sulfide) groups is 1. The van der Waals surface area contributed by atoms with Gasteiger partial charge in [-0.1, -0.05) is 23.9 Å². The molecule has 0 aliphatic rings. The summed E-state index contributed by atoms with van der Waals surface area (Å²) < 4.78 is 33.0. The van der Waals surface area contributed by atoms with Gasteiger partial charge >= 0.3 is 0 Å². The van der Waals surface area contributed by atoms with Gasteiger partial charge in [-0.05, 0) is 80.1 Å². The second-order valence-electron chi connectivity index (χ2n) is 9.36. The number of aryl methyl sites for hydroxylation is 1. The number of hydrogen-bond donors (Lipinski definition) is 2. The van der Waals surface area contributed by atoms with Crippen molar-refractivity contribution < 1.29 is 22.7 Å². The molecule has 0 spiro atoms. The van der Waals surface area contributed by atoms with Crippen molar-refractivity contribution in [3.63, 3.8) is 0 Å². The van der Waals surface area contributed by atoms with Gasteiger partial charge in [0.05, 0.1) is 23.8 Å². The lowest BCUT2D eigenvalue weighted by Crippen LogP contribution is -2.25. The Hall–Kier alpha value is -4.20. The molecule has 4 aromatic rings. The van der Waals surface area contributed by atoms with Gasteiger partial charge in [-0.25, -0.2) is 12.7 Å². The first-order valence-corrected chi connectivity index (χ1v) is 15.5. The molecule has 11 nitrogen and oxygen atoms in total. The van der Waals surface area contributed by atoms with Crippen molar-refractivity contribution in [2.75, 3.05) is 31.8 Å². The van der Waals surface area contributed by atoms with Crippen molar-refractivity contribution in [2.24, 2.45) is 0 Å². The highest BCUT2D eigenvalue weighted by atomic mass is 32.2. The maximum absolute atomic E-state index is 12.9. The molecule has 2 N–H and O–H groups in total. The zero-order valence-electron chi connectivity index (χ0n) is 23.7. The van der Waals surface area contributed by atoms with Crippen molar-refractivity contribution in [1.29, 1.82) is 0 Å². The van der Waals surface area contributed by atoms with Crippen molar-refractivity contribution in [2.45, 2.75) is 30.4 Å². The summed E-state index contributed by atoms with van der Waals surface area (Å²) in [6, 6.07) is 20.6. The first-order valence-electron chi connectivity index (χ1n) is 13.1. The average molecular weight is 609 g/mol. The molecule has 4 rings (SSSR count). The number of ether oxygens (including phenoxy) is 1. The molecule has 2 amide bonds. The van der Waals surface area contributed by atoms with Gasteiger partial charge in [0.2, 0.25) is 15.9 Å². The molecule has 1 heterocycles. The normalized spacial score (nSPS) is 11.4. The molecule has 13 heteroatoms. The molecule has 1 aromatic heterocycles. The number of nitrogens with one attached hydrogen (secondary N) is 2. The van der Waals surface area contributed by atoms with E-state index >= 15 is 0 Å². The Labute approximate surface area is 249 Å². The highest BCUT2D eigenvalue weighted by Crippen LogP contribution is 2.24. The van der Waals surface area contributed by atoms with Crippen LogP contribution >= 0.6 is 11.8 Å². The lowest BCUT2D eigenvalue weighted by atomic mass is 10.2. The number of amides is 2. The smallest absolute Gasteiger partial charge is 0.251 e. The molecule has 0 aliphatic heterocycles. The van der Waals surface area contributed by atoms with Gasteiger partial charge < -0.3 is 15.4 Å². The Morgan fingerprint density at radius 1 is 1.00 bits per heavy atom. The Morgan fingerprint density at radius 2 is 1.71 bits per heavy atom. The molecule has 3 aromatic carbocycles. The van der Waals surface area contributed by atoms with E-state index in [0.717, 1.165) is 21.3 Å². The van der Waals surface area contributed by atoms with E-state index in [-0.39, 0.29) is 23.1 Å². The number of sulfonamides is 1. The molecule has 0 fully saturated rings. The second-order valence-corrected chi connectivity index (χ2v) is 12.5. The third-order valence-corrected chi connectivity index (χ3v) is 8.80. The van der Waals surface area contributed by atoms with Crippen LogP contribution in [-0.2, 0) is 21.4 Å². The maximum atomic E-state index is 12.9. The summed E-state index contributed by atoms with van der Waals surface area (Å²) in [7, 11) is -0.710. The predicted octanol–water partition coefficient (Wildman–Crippen LogP) is 3.89. The largest absolute Gasteiger partial charge is 0.494 e. The zero-order chi connectivity index (χ0) is 30.3. The minimum absolute atomic E-state index is 0.0520. The van der Waals surface area contributed by atoms with Crippen LogP contribution < -0.4 is 15.4 Å². The van der Waals surface area contributed by atoms with E-state index in [4.69, 9.17) is 4.74 Å². The van der Waals surface area contributed by atoms with Crippen LogP contribution in [0.1, 0.15) is 28.7 Å². The van der Waals surface area contributed by atoms with Gasteiger partial charge in [0.25, 0.3) is 5.91 Å². The fourth-order valence-corrected chi connectivity index (χ4v) is 5.59. The van der Waals surface area contributed by atoms with E-state index in [9.17, 15) is 18.0 Å². The molecular weight excluding hydrogens is 576 g/mol. The minimum Gasteiger partial charge on any atom is -0.494 e. The summed E-state index contributed by atoms with van der Waals surface area (Å²) in [5.41, 5.74) is 2.76. The van der Waals surface area contributed by atoms with Crippen LogP contribution in [0.5, 0.6) is 5.75 Å². The Morgan fingerprint density at radius 3 is 2.36 bits per heavy atom. The van der Waals surface area contributed by atoms with E-state index in [0.29, 0.717) is 28.8 Å². The molecule has 0 saturated carbocycles. The summed E-state index contributed by atoms with van der Waals surface area (Å²) in [6.07, 6.45) is 0. The van der Waals surface area contributed by atoms with Gasteiger partial charge in [0.15, 0.2) is 11.0 Å². The van der Waals surface area contributed by atoms with Crippen LogP contribution in [-0.4, -0.2) is 65.8 Å². The number of anilines is 1. The van der Waals surface area contributed by atoms with Crippen LogP contribution in [0, 0.1) is 6.92 Å². The average Bonchev–Trinajstić information content (AvgIpc) is 3.38. The summed E-state index contributed by atoms with van der Waals surface area (Å²) in [6.45, 7) is 4.48. The fraction of sp³-hybridized carbons (Fsp3) is 0.241. The summed E-state index contributed by atoms with van der Waals surface area (Å²) in [5, 5.41) is 14.8. The van der Waals surface area contributed by atoms with E-state index in [1.165, 1.54) is 50.1 Å². The highest BCUT2D eigenvalue weighted by molar-refractivity contribution is 7.99. The molecule has 42 heavy (non-hydrogen) atoms. The maximum Gasteiger partial charge on any atom is 0.251 e. The van der Waals surface area contributed by atoms with E-state index < -0.39 is 15.9 Å². The van der Waals surface area contributed by atoms with Crippen LogP contribution in [0.15, 0.2) is 82.8 Å². The van der Waals surface area contributed by atoms with Crippen LogP contribution in [0.3, 0.4) is 0 Å². The lowest BCUT2D eigenvalue weighted by molar-refractivity contribution is -0.113. The Kier molecular flexibility index (Phi) is 9.99. The number of rotatable bonds is 12. The van der Waals surface area contributed by atoms with E-state index in [1.807, 2.05) is 38.1 Å². The van der Waals surface area contributed by atoms with Gasteiger partial charge in [-0.2, -0.15) is 0 Å². The molecule has 0 unspecified atom stereocenters. The summed E-state index contributed by atoms with van der Waals surface area (Å²) in [4.78, 5) is 25.6. The Balaban J connectivity index is 1.46. The molecule has 0 saturated heterocycles. The van der Waals surface area contributed by atoms with Crippen LogP contribution in [0.2, 0.25) is 0 Å². The molecule has 0 bridgehead atoms. The summed E-state index contributed by atoms with van der Waals surface area (Å²) >= 11 is 1.22. The predicted molar refractivity (Wildman–Crippen MR) is 162 cm³/mol. The SMILES string of the molecule is CCOc1ccc(NC(=O)CSc2nnc(CNC(=O)c3ccc(S(=O)(=O)N(C)C)cc3)n2-c2cccc(C)c2)cc1.